The summed E-state index contributed by atoms with van der Waals surface area (Å²) >= 11 is 13.7. The van der Waals surface area contributed by atoms with Crippen molar-refractivity contribution in [1.29, 1.82) is 0 Å². The van der Waals surface area contributed by atoms with Crippen molar-refractivity contribution in [3.63, 3.8) is 0 Å². The zero-order valence-corrected chi connectivity index (χ0v) is 25.6. The van der Waals surface area contributed by atoms with Gasteiger partial charge in [0.15, 0.2) is 5.78 Å². The van der Waals surface area contributed by atoms with Crippen LogP contribution in [-0.4, -0.2) is 57.3 Å². The van der Waals surface area contributed by atoms with Gasteiger partial charge in [-0.15, -0.1) is 5.10 Å². The third-order valence-corrected chi connectivity index (χ3v) is 8.62. The van der Waals surface area contributed by atoms with Gasteiger partial charge in [-0.1, -0.05) is 83.3 Å². The molecule has 214 valence electrons. The van der Waals surface area contributed by atoms with Gasteiger partial charge in [-0.25, -0.2) is 4.68 Å². The standard InChI is InChI=1S/C32H29ClN4O3S2/c1-39-28-11-7-22(8-12-28)15-25-17-36(18-26(31(25)38)16-23-9-13-29(40-2)14-10-23)32(41)42-21-27-20-37(35-34-27)19-24-5-3-4-6-30(24)33/h3-16,20H,17-19,21H2,1-2H3/b25-15+,26-16+. The Morgan fingerprint density at radius 1 is 0.929 bits per heavy atom. The van der Waals surface area contributed by atoms with Crippen LogP contribution in [0.25, 0.3) is 12.2 Å². The molecule has 0 unspecified atom stereocenters. The number of ether oxygens (including phenoxy) is 2. The Bertz CT molecular complexity index is 1560. The van der Waals surface area contributed by atoms with Crippen LogP contribution < -0.4 is 9.47 Å². The number of likely N-dealkylation sites (tertiary alicyclic amines) is 1. The van der Waals surface area contributed by atoms with Gasteiger partial charge in [0.2, 0.25) is 0 Å². The van der Waals surface area contributed by atoms with Crippen molar-refractivity contribution in [2.24, 2.45) is 0 Å². The Hall–Kier alpha value is -3.92. The maximum absolute atomic E-state index is 13.6. The zero-order chi connectivity index (χ0) is 29.5. The first-order chi connectivity index (χ1) is 20.4. The quantitative estimate of drug-likeness (QED) is 0.163. The Balaban J connectivity index is 1.32. The zero-order valence-electron chi connectivity index (χ0n) is 23.2. The van der Waals surface area contributed by atoms with E-state index in [0.29, 0.717) is 45.9 Å². The van der Waals surface area contributed by atoms with E-state index in [1.807, 2.05) is 91.1 Å². The Kier molecular flexibility index (Phi) is 9.74. The van der Waals surface area contributed by atoms with Crippen LogP contribution in [0.15, 0.2) is 90.1 Å². The molecule has 0 bridgehead atoms. The van der Waals surface area contributed by atoms with E-state index in [0.717, 1.165) is 33.9 Å². The minimum Gasteiger partial charge on any atom is -0.497 e. The maximum Gasteiger partial charge on any atom is 0.188 e. The highest BCUT2D eigenvalue weighted by molar-refractivity contribution is 8.22. The van der Waals surface area contributed by atoms with Gasteiger partial charge in [-0.3, -0.25) is 4.79 Å². The molecule has 0 atom stereocenters. The van der Waals surface area contributed by atoms with Gasteiger partial charge in [0, 0.05) is 41.2 Å². The third-order valence-electron chi connectivity index (χ3n) is 6.70. The lowest BCUT2D eigenvalue weighted by atomic mass is 9.94. The van der Waals surface area contributed by atoms with Crippen LogP contribution >= 0.6 is 35.6 Å². The topological polar surface area (TPSA) is 69.5 Å². The van der Waals surface area contributed by atoms with Crippen molar-refractivity contribution in [2.45, 2.75) is 12.3 Å². The second-order valence-corrected chi connectivity index (χ2v) is 11.6. The van der Waals surface area contributed by atoms with E-state index in [1.54, 1.807) is 18.9 Å². The molecule has 0 radical (unpaired) electrons. The molecule has 1 aliphatic heterocycles. The molecule has 5 rings (SSSR count). The molecule has 42 heavy (non-hydrogen) atoms. The van der Waals surface area contributed by atoms with Crippen LogP contribution in [0.2, 0.25) is 5.02 Å². The molecular formula is C32H29ClN4O3S2. The number of aromatic nitrogens is 3. The van der Waals surface area contributed by atoms with Crippen molar-refractivity contribution in [3.8, 4) is 11.5 Å². The average Bonchev–Trinajstić information content (AvgIpc) is 3.47. The van der Waals surface area contributed by atoms with Crippen LogP contribution in [-0.2, 0) is 17.1 Å². The van der Waals surface area contributed by atoms with Crippen LogP contribution in [0.4, 0.5) is 0 Å². The van der Waals surface area contributed by atoms with E-state index in [9.17, 15) is 4.79 Å². The summed E-state index contributed by atoms with van der Waals surface area (Å²) in [5, 5.41) is 9.26. The molecule has 1 aromatic heterocycles. The predicted molar refractivity (Wildman–Crippen MR) is 173 cm³/mol. The Morgan fingerprint density at radius 3 is 2.05 bits per heavy atom. The fraction of sp³-hybridized carbons (Fsp3) is 0.188. The number of piperidine rings is 1. The van der Waals surface area contributed by atoms with E-state index < -0.39 is 0 Å². The molecule has 4 aromatic rings. The molecule has 1 fully saturated rings. The summed E-state index contributed by atoms with van der Waals surface area (Å²) in [6, 6.07) is 22.9. The first kappa shape index (κ1) is 29.6. The number of carbonyl (C=O) groups is 1. The van der Waals surface area contributed by atoms with Gasteiger partial charge in [-0.2, -0.15) is 0 Å². The lowest BCUT2D eigenvalue weighted by Gasteiger charge is -2.31. The molecule has 1 saturated heterocycles. The van der Waals surface area contributed by atoms with Crippen molar-refractivity contribution in [2.75, 3.05) is 27.3 Å². The minimum atomic E-state index is 0.00759. The normalized spacial score (nSPS) is 15.3. The highest BCUT2D eigenvalue weighted by atomic mass is 35.5. The van der Waals surface area contributed by atoms with Crippen LogP contribution in [0, 0.1) is 0 Å². The summed E-state index contributed by atoms with van der Waals surface area (Å²) in [5.74, 6) is 2.08. The van der Waals surface area contributed by atoms with E-state index in [4.69, 9.17) is 33.3 Å². The molecular weight excluding hydrogens is 588 g/mol. The molecule has 0 saturated carbocycles. The molecule has 0 aliphatic carbocycles. The first-order valence-corrected chi connectivity index (χ1v) is 15.0. The number of carbonyl (C=O) groups excluding carboxylic acids is 1. The van der Waals surface area contributed by atoms with Crippen molar-refractivity contribution >= 4 is 57.8 Å². The van der Waals surface area contributed by atoms with Gasteiger partial charge in [0.05, 0.1) is 26.5 Å². The predicted octanol–water partition coefficient (Wildman–Crippen LogP) is 6.57. The SMILES string of the molecule is COc1ccc(/C=C2\CN(C(=S)SCc3cn(Cc4ccccc4Cl)nn3)C/C(=C\c3ccc(OC)cc3)C2=O)cc1. The van der Waals surface area contributed by atoms with Gasteiger partial charge >= 0.3 is 0 Å². The smallest absolute Gasteiger partial charge is 0.188 e. The number of hydrogen-bond acceptors (Lipinski definition) is 7. The summed E-state index contributed by atoms with van der Waals surface area (Å²) in [7, 11) is 3.26. The number of halogens is 1. The summed E-state index contributed by atoms with van der Waals surface area (Å²) < 4.78 is 13.0. The lowest BCUT2D eigenvalue weighted by molar-refractivity contribution is -0.113. The van der Waals surface area contributed by atoms with Gasteiger partial charge in [-0.05, 0) is 59.2 Å². The third kappa shape index (κ3) is 7.47. The number of rotatable bonds is 8. The Morgan fingerprint density at radius 2 is 1.50 bits per heavy atom. The number of thiocarbonyl (C=S) groups is 1. The molecule has 2 heterocycles. The molecule has 1 aliphatic rings. The number of hydrogen-bond donors (Lipinski definition) is 0. The van der Waals surface area contributed by atoms with E-state index in [2.05, 4.69) is 15.2 Å². The van der Waals surface area contributed by atoms with E-state index in [1.165, 1.54) is 11.8 Å². The number of benzene rings is 3. The molecule has 0 spiro atoms. The van der Waals surface area contributed by atoms with Crippen LogP contribution in [0.3, 0.4) is 0 Å². The molecule has 0 N–H and O–H groups in total. The Labute approximate surface area is 259 Å². The van der Waals surface area contributed by atoms with Crippen LogP contribution in [0.5, 0.6) is 11.5 Å². The summed E-state index contributed by atoms with van der Waals surface area (Å²) in [5.41, 5.74) is 4.95. The van der Waals surface area contributed by atoms with Crippen molar-refractivity contribution < 1.29 is 14.3 Å². The lowest BCUT2D eigenvalue weighted by Crippen LogP contribution is -2.39. The summed E-state index contributed by atoms with van der Waals surface area (Å²) in [6.07, 6.45) is 5.75. The minimum absolute atomic E-state index is 0.00759. The first-order valence-electron chi connectivity index (χ1n) is 13.2. The molecule has 10 heteroatoms. The number of Topliss-reactive ketones (excluding diaryl/α,β-unsaturated/α-hetero) is 1. The monoisotopic (exact) mass is 616 g/mol. The van der Waals surface area contributed by atoms with Crippen LogP contribution in [0.1, 0.15) is 22.4 Å². The highest BCUT2D eigenvalue weighted by Gasteiger charge is 2.28. The summed E-state index contributed by atoms with van der Waals surface area (Å²) in [4.78, 5) is 15.7. The number of thioether (sulfide) groups is 1. The van der Waals surface area contributed by atoms with Crippen molar-refractivity contribution in [1.82, 2.24) is 19.9 Å². The molecule has 0 amide bonds. The van der Waals surface area contributed by atoms with Gasteiger partial charge in [0.1, 0.15) is 15.8 Å². The van der Waals surface area contributed by atoms with Gasteiger partial charge in [0.25, 0.3) is 0 Å². The number of nitrogens with zero attached hydrogens (tertiary/aromatic N) is 4. The van der Waals surface area contributed by atoms with E-state index >= 15 is 0 Å². The molecule has 3 aromatic carbocycles. The number of ketones is 1. The molecule has 7 nitrogen and oxygen atoms in total. The van der Waals surface area contributed by atoms with Gasteiger partial charge < -0.3 is 14.4 Å². The van der Waals surface area contributed by atoms with Crippen molar-refractivity contribution in [3.05, 3.63) is 118 Å². The largest absolute Gasteiger partial charge is 0.497 e. The second kappa shape index (κ2) is 13.8. The second-order valence-electron chi connectivity index (χ2n) is 9.62. The fourth-order valence-electron chi connectivity index (χ4n) is 4.48. The number of methoxy groups -OCH3 is 2. The highest BCUT2D eigenvalue weighted by Crippen LogP contribution is 2.27. The summed E-state index contributed by atoms with van der Waals surface area (Å²) in [6.45, 7) is 1.36. The van der Waals surface area contributed by atoms with E-state index in [-0.39, 0.29) is 5.78 Å². The maximum atomic E-state index is 13.6. The average molecular weight is 617 g/mol. The fourth-order valence-corrected chi connectivity index (χ4v) is 5.70.